The number of likely N-dealkylation sites (tertiary alicyclic amines) is 1. The summed E-state index contributed by atoms with van der Waals surface area (Å²) in [6, 6.07) is 17.6. The van der Waals surface area contributed by atoms with Crippen molar-refractivity contribution in [1.29, 1.82) is 0 Å². The summed E-state index contributed by atoms with van der Waals surface area (Å²) in [7, 11) is 0. The van der Waals surface area contributed by atoms with Crippen LogP contribution in [0.15, 0.2) is 48.5 Å². The topological polar surface area (TPSA) is 40.0 Å². The van der Waals surface area contributed by atoms with Crippen molar-refractivity contribution in [2.75, 3.05) is 19.7 Å². The van der Waals surface area contributed by atoms with Crippen molar-refractivity contribution in [3.8, 4) is 5.75 Å². The van der Waals surface area contributed by atoms with E-state index in [4.69, 9.17) is 9.47 Å². The van der Waals surface area contributed by atoms with E-state index in [1.165, 1.54) is 36.1 Å². The molecule has 0 radical (unpaired) electrons. The minimum atomic E-state index is -0.359. The van der Waals surface area contributed by atoms with Gasteiger partial charge in [-0.05, 0) is 49.3 Å². The highest BCUT2D eigenvalue weighted by Gasteiger charge is 2.75. The van der Waals surface area contributed by atoms with Crippen LogP contribution >= 0.6 is 0 Å². The van der Waals surface area contributed by atoms with Gasteiger partial charge in [-0.15, -0.1) is 0 Å². The zero-order chi connectivity index (χ0) is 22.0. The van der Waals surface area contributed by atoms with Crippen LogP contribution in [-0.4, -0.2) is 43.2 Å². The van der Waals surface area contributed by atoms with Gasteiger partial charge in [0.1, 0.15) is 17.4 Å². The third-order valence-corrected chi connectivity index (χ3v) is 9.42. The number of ether oxygens (including phenoxy) is 2. The molecule has 0 amide bonds. The van der Waals surface area contributed by atoms with E-state index >= 15 is 0 Å². The number of carbonyl (C=O) groups excluding carboxylic acids is 1. The molecule has 172 valence electrons. The highest BCUT2D eigenvalue weighted by molar-refractivity contribution is 5.89. The molecule has 4 nitrogen and oxygen atoms in total. The maximum Gasteiger partial charge on any atom is 0.174 e. The van der Waals surface area contributed by atoms with E-state index in [0.29, 0.717) is 12.5 Å². The lowest BCUT2D eigenvalue weighted by Gasteiger charge is -2.62. The van der Waals surface area contributed by atoms with E-state index < -0.39 is 0 Å². The van der Waals surface area contributed by atoms with E-state index in [9.17, 15) is 4.79 Å². The molecule has 2 unspecified atom stereocenters. The first kappa shape index (κ1) is 20.2. The van der Waals surface area contributed by atoms with Gasteiger partial charge in [0.2, 0.25) is 0 Å². The van der Waals surface area contributed by atoms with Crippen LogP contribution in [-0.2, 0) is 27.8 Å². The van der Waals surface area contributed by atoms with Gasteiger partial charge in [-0.3, -0.25) is 4.79 Å². The Morgan fingerprint density at radius 1 is 1.06 bits per heavy atom. The molecule has 2 heterocycles. The quantitative estimate of drug-likeness (QED) is 0.668. The van der Waals surface area contributed by atoms with Crippen LogP contribution in [0, 0.1) is 5.92 Å². The minimum Gasteiger partial charge on any atom is -0.481 e. The number of quaternary nitrogens is 1. The summed E-state index contributed by atoms with van der Waals surface area (Å²) in [5.41, 5.74) is 3.52. The monoisotopic (exact) mass is 444 g/mol. The minimum absolute atomic E-state index is 0.284. The van der Waals surface area contributed by atoms with Crippen LogP contribution in [0.25, 0.3) is 0 Å². The largest absolute Gasteiger partial charge is 0.481 e. The molecule has 0 aromatic heterocycles. The predicted octanol–water partition coefficient (Wildman–Crippen LogP) is 3.06. The Kier molecular flexibility index (Phi) is 4.54. The lowest BCUT2D eigenvalue weighted by atomic mass is 9.48. The van der Waals surface area contributed by atoms with E-state index in [2.05, 4.69) is 48.5 Å². The Morgan fingerprint density at radius 2 is 1.94 bits per heavy atom. The molecule has 1 N–H and O–H groups in total. The Morgan fingerprint density at radius 3 is 2.79 bits per heavy atom. The number of hydrogen-bond acceptors (Lipinski definition) is 3. The Balaban J connectivity index is 1.26. The van der Waals surface area contributed by atoms with Gasteiger partial charge in [-0.25, -0.2) is 0 Å². The summed E-state index contributed by atoms with van der Waals surface area (Å²) in [4.78, 5) is 15.0. The van der Waals surface area contributed by atoms with Crippen LogP contribution in [0.2, 0.25) is 0 Å². The number of piperidine rings is 1. The third kappa shape index (κ3) is 2.86. The van der Waals surface area contributed by atoms with Crippen molar-refractivity contribution in [1.82, 2.24) is 0 Å². The van der Waals surface area contributed by atoms with E-state index in [0.717, 1.165) is 56.9 Å². The van der Waals surface area contributed by atoms with Crippen LogP contribution in [0.1, 0.15) is 55.2 Å². The molecule has 7 rings (SSSR count). The molecule has 2 aromatic rings. The second-order valence-electron chi connectivity index (χ2n) is 11.1. The van der Waals surface area contributed by atoms with Gasteiger partial charge < -0.3 is 14.4 Å². The average Bonchev–Trinajstić information content (AvgIpc) is 3.59. The SMILES string of the molecule is O=C1CC[C@@]2(OCCCc3ccccc3)C3Cc4cccc5c4[C@@]2(CC[NH+]3CC2CC2)[C@H]1O5. The maximum absolute atomic E-state index is 13.3. The number of rotatable bonds is 7. The number of aryl methyl sites for hydroxylation is 1. The van der Waals surface area contributed by atoms with E-state index in [-0.39, 0.29) is 22.9 Å². The second kappa shape index (κ2) is 7.41. The molecule has 2 saturated carbocycles. The zero-order valence-electron chi connectivity index (χ0n) is 19.4. The van der Waals surface area contributed by atoms with Crippen molar-refractivity contribution >= 4 is 5.78 Å². The predicted molar refractivity (Wildman–Crippen MR) is 126 cm³/mol. The highest BCUT2D eigenvalue weighted by atomic mass is 16.5. The Hall–Kier alpha value is -2.17. The van der Waals surface area contributed by atoms with Crippen LogP contribution < -0.4 is 9.64 Å². The van der Waals surface area contributed by atoms with Crippen LogP contribution in [0.4, 0.5) is 0 Å². The number of benzene rings is 2. The van der Waals surface area contributed by atoms with Crippen molar-refractivity contribution in [3.05, 3.63) is 65.2 Å². The molecule has 3 fully saturated rings. The molecule has 1 spiro atoms. The molecule has 5 aliphatic rings. The van der Waals surface area contributed by atoms with Crippen LogP contribution in [0.3, 0.4) is 0 Å². The first-order valence-corrected chi connectivity index (χ1v) is 13.1. The van der Waals surface area contributed by atoms with Gasteiger partial charge in [0.05, 0.1) is 18.5 Å². The van der Waals surface area contributed by atoms with Crippen molar-refractivity contribution in [3.63, 3.8) is 0 Å². The summed E-state index contributed by atoms with van der Waals surface area (Å²) >= 11 is 0. The molecule has 1 saturated heterocycles. The fourth-order valence-electron chi connectivity index (χ4n) is 7.90. The molecule has 2 aliphatic heterocycles. The van der Waals surface area contributed by atoms with Crippen molar-refractivity contribution < 1.29 is 19.2 Å². The average molecular weight is 445 g/mol. The Bertz CT molecular complexity index is 1080. The second-order valence-corrected chi connectivity index (χ2v) is 11.1. The first-order chi connectivity index (χ1) is 16.2. The highest BCUT2D eigenvalue weighted by Crippen LogP contribution is 2.62. The van der Waals surface area contributed by atoms with Crippen molar-refractivity contribution in [2.24, 2.45) is 5.92 Å². The molecule has 5 atom stereocenters. The van der Waals surface area contributed by atoms with Gasteiger partial charge in [-0.2, -0.15) is 0 Å². The summed E-state index contributed by atoms with van der Waals surface area (Å²) in [6.07, 6.45) is 7.95. The summed E-state index contributed by atoms with van der Waals surface area (Å²) in [6.45, 7) is 3.16. The number of hydrogen-bond donors (Lipinski definition) is 1. The number of carbonyl (C=O) groups is 1. The lowest BCUT2D eigenvalue weighted by molar-refractivity contribution is -0.944. The van der Waals surface area contributed by atoms with Gasteiger partial charge in [0.25, 0.3) is 0 Å². The van der Waals surface area contributed by atoms with Gasteiger partial charge in [-0.1, -0.05) is 42.5 Å². The zero-order valence-corrected chi connectivity index (χ0v) is 19.4. The summed E-state index contributed by atoms with van der Waals surface area (Å²) in [5, 5.41) is 0. The van der Waals surface area contributed by atoms with Gasteiger partial charge >= 0.3 is 0 Å². The molecule has 33 heavy (non-hydrogen) atoms. The maximum atomic E-state index is 13.3. The molecule has 4 heteroatoms. The fraction of sp³-hybridized carbons (Fsp3) is 0.552. The lowest BCUT2D eigenvalue weighted by Crippen LogP contribution is -3.21. The van der Waals surface area contributed by atoms with Crippen molar-refractivity contribution in [2.45, 2.75) is 74.5 Å². The Labute approximate surface area is 196 Å². The number of ketones is 1. The molecular weight excluding hydrogens is 410 g/mol. The molecular formula is C29H34NO3+. The first-order valence-electron chi connectivity index (χ1n) is 13.1. The summed E-state index contributed by atoms with van der Waals surface area (Å²) in [5.74, 6) is 2.12. The summed E-state index contributed by atoms with van der Waals surface area (Å²) < 4.78 is 13.6. The molecule has 3 aliphatic carbocycles. The normalized spacial score (nSPS) is 35.8. The molecule has 2 bridgehead atoms. The standard InChI is InChI=1S/C29H33NO3/c31-23-13-14-29(32-17-5-8-20-6-2-1-3-7-20)25-18-22-9-4-10-24-26(22)28(29,27(23)33-24)15-16-30(25)19-21-11-12-21/h1-4,6-7,9-10,21,25,27H,5,8,11-19H2/p+1/t25?,27-,28-,29+/m0/s1. The van der Waals surface area contributed by atoms with Crippen LogP contribution in [0.5, 0.6) is 5.75 Å². The van der Waals surface area contributed by atoms with E-state index in [1.807, 2.05) is 0 Å². The smallest absolute Gasteiger partial charge is 0.174 e. The van der Waals surface area contributed by atoms with Gasteiger partial charge in [0.15, 0.2) is 11.9 Å². The number of Topliss-reactive ketones (excluding diaryl/α,β-unsaturated/α-hetero) is 1. The fourth-order valence-corrected chi connectivity index (χ4v) is 7.90. The van der Waals surface area contributed by atoms with E-state index in [1.54, 1.807) is 4.90 Å². The number of nitrogens with one attached hydrogen (secondary N) is 1. The third-order valence-electron chi connectivity index (χ3n) is 9.42. The molecule has 2 aromatic carbocycles. The van der Waals surface area contributed by atoms with Gasteiger partial charge in [0, 0.05) is 37.4 Å².